The van der Waals surface area contributed by atoms with Crippen molar-refractivity contribution in [3.05, 3.63) is 186 Å². The van der Waals surface area contributed by atoms with Crippen molar-refractivity contribution in [2.24, 2.45) is 0 Å². The molecule has 0 bridgehead atoms. The third-order valence-electron chi connectivity index (χ3n) is 11.2. The lowest BCUT2D eigenvalue weighted by Crippen LogP contribution is -2.04. The van der Waals surface area contributed by atoms with Crippen LogP contribution in [0.1, 0.15) is 27.8 Å². The largest absolute Gasteiger partial charge is 0.307 e. The Balaban J connectivity index is 1.22. The van der Waals surface area contributed by atoms with E-state index < -0.39 is 0 Å². The Labute approximate surface area is 343 Å². The first-order chi connectivity index (χ1) is 29.5. The quantitative estimate of drug-likeness (QED) is 0.171. The highest BCUT2D eigenvalue weighted by atomic mass is 15.1. The molecule has 0 saturated carbocycles. The van der Waals surface area contributed by atoms with Crippen LogP contribution in [-0.4, -0.2) is 14.1 Å². The minimum atomic E-state index is 0.426. The molecule has 10 rings (SSSR count). The number of para-hydroxylation sites is 2. The van der Waals surface area contributed by atoms with Crippen LogP contribution in [0.3, 0.4) is 0 Å². The summed E-state index contributed by atoms with van der Waals surface area (Å²) in [6.45, 7) is 0. The molecule has 0 N–H and O–H groups in total. The Morgan fingerprint density at radius 3 is 1.43 bits per heavy atom. The molecule has 8 nitrogen and oxygen atoms in total. The molecule has 0 aliphatic heterocycles. The van der Waals surface area contributed by atoms with E-state index in [4.69, 9.17) is 4.98 Å². The molecule has 3 aromatic heterocycles. The van der Waals surface area contributed by atoms with Gasteiger partial charge < -0.3 is 4.57 Å². The van der Waals surface area contributed by atoms with Crippen LogP contribution in [0.5, 0.6) is 0 Å². The van der Waals surface area contributed by atoms with E-state index in [2.05, 4.69) is 75.9 Å². The lowest BCUT2D eigenvalue weighted by Gasteiger charge is -2.17. The number of aromatic nitrogens is 3. The van der Waals surface area contributed by atoms with Crippen molar-refractivity contribution in [3.8, 4) is 75.2 Å². The van der Waals surface area contributed by atoms with Crippen molar-refractivity contribution >= 4 is 43.6 Å². The van der Waals surface area contributed by atoms with Crippen molar-refractivity contribution in [3.63, 3.8) is 0 Å². The summed E-state index contributed by atoms with van der Waals surface area (Å²) in [7, 11) is 0. The third-order valence-corrected chi connectivity index (χ3v) is 11.2. The van der Waals surface area contributed by atoms with Crippen LogP contribution in [0.2, 0.25) is 0 Å². The highest BCUT2D eigenvalue weighted by molar-refractivity contribution is 6.12. The van der Waals surface area contributed by atoms with Gasteiger partial charge in [-0.2, -0.15) is 26.3 Å². The minimum absolute atomic E-state index is 0.426. The van der Waals surface area contributed by atoms with Gasteiger partial charge in [-0.05, 0) is 95.1 Å². The van der Waals surface area contributed by atoms with Crippen molar-refractivity contribution in [1.82, 2.24) is 14.1 Å². The fourth-order valence-corrected chi connectivity index (χ4v) is 8.47. The van der Waals surface area contributed by atoms with Gasteiger partial charge in [0.25, 0.3) is 0 Å². The highest BCUT2D eigenvalue weighted by Gasteiger charge is 2.22. The van der Waals surface area contributed by atoms with Crippen molar-refractivity contribution in [2.45, 2.75) is 0 Å². The van der Waals surface area contributed by atoms with Crippen LogP contribution >= 0.6 is 0 Å². The second kappa shape index (κ2) is 14.0. The molecule has 3 heterocycles. The van der Waals surface area contributed by atoms with Gasteiger partial charge in [0.05, 0.1) is 92.1 Å². The van der Waals surface area contributed by atoms with Gasteiger partial charge in [-0.3, -0.25) is 4.57 Å². The second-order valence-corrected chi connectivity index (χ2v) is 14.4. The maximum absolute atomic E-state index is 10.4. The topological polar surface area (TPSA) is 142 Å². The zero-order valence-corrected chi connectivity index (χ0v) is 31.6. The number of hydrogen-bond acceptors (Lipinski definition) is 6. The number of pyridine rings is 1. The van der Waals surface area contributed by atoms with E-state index in [9.17, 15) is 26.3 Å². The molecule has 7 aromatic carbocycles. The molecule has 60 heavy (non-hydrogen) atoms. The fraction of sp³-hybridized carbons (Fsp3) is 0. The van der Waals surface area contributed by atoms with Gasteiger partial charge in [0.15, 0.2) is 0 Å². The van der Waals surface area contributed by atoms with Crippen molar-refractivity contribution in [2.75, 3.05) is 0 Å². The van der Waals surface area contributed by atoms with Gasteiger partial charge in [-0.25, -0.2) is 4.98 Å². The number of rotatable bonds is 5. The van der Waals surface area contributed by atoms with E-state index in [1.54, 1.807) is 24.3 Å². The summed E-state index contributed by atoms with van der Waals surface area (Å²) >= 11 is 0. The maximum Gasteiger partial charge on any atom is 0.138 e. The molecule has 0 atom stereocenters. The molecule has 0 radical (unpaired) electrons. The van der Waals surface area contributed by atoms with Gasteiger partial charge in [0, 0.05) is 32.7 Å². The molecule has 0 saturated heterocycles. The summed E-state index contributed by atoms with van der Waals surface area (Å²) < 4.78 is 4.31. The first kappa shape index (κ1) is 35.2. The SMILES string of the molecule is N#Cc1ccc(-c2ccc3c(c2)c2ccccc2n3-c2cc(-c3ccccc3C#N)c(-n3c4ccccc4c4cc(-c5ccc(C#N)cc5C#N)ccc43)cn2)c(C#N)c1. The Hall–Kier alpha value is -9.26. The zero-order chi connectivity index (χ0) is 40.9. The first-order valence-electron chi connectivity index (χ1n) is 19.0. The summed E-state index contributed by atoms with van der Waals surface area (Å²) in [6, 6.07) is 59.7. The van der Waals surface area contributed by atoms with Crippen LogP contribution in [0, 0.1) is 56.7 Å². The monoisotopic (exact) mass is 762 g/mol. The van der Waals surface area contributed by atoms with Crippen LogP contribution in [-0.2, 0) is 0 Å². The van der Waals surface area contributed by atoms with Gasteiger partial charge >= 0.3 is 0 Å². The first-order valence-corrected chi connectivity index (χ1v) is 19.0. The Morgan fingerprint density at radius 1 is 0.367 bits per heavy atom. The van der Waals surface area contributed by atoms with E-state index in [0.717, 1.165) is 82.7 Å². The normalized spacial score (nSPS) is 10.9. The average Bonchev–Trinajstić information content (AvgIpc) is 3.82. The zero-order valence-electron chi connectivity index (χ0n) is 31.6. The van der Waals surface area contributed by atoms with Crippen molar-refractivity contribution < 1.29 is 0 Å². The van der Waals surface area contributed by atoms with E-state index >= 15 is 0 Å². The molecule has 8 heteroatoms. The molecular formula is C52H26N8. The van der Waals surface area contributed by atoms with E-state index in [1.165, 1.54) is 0 Å². The van der Waals surface area contributed by atoms with E-state index in [-0.39, 0.29) is 0 Å². The number of benzene rings is 7. The average molecular weight is 763 g/mol. The standard InChI is InChI=1S/C52H26N8/c53-26-32-13-17-39(37(21-32)29-56)34-15-19-49-44(23-34)42-9-3-5-11-47(42)59(49)51-31-58-52(25-46(51)41-8-2-1-7-36(41)28-55)60-48-12-6-4-10-43(48)45-24-35(16-20-50(45)60)40-18-14-33(27-54)22-38(40)30-57/h1-25,31H. The van der Waals surface area contributed by atoms with Crippen LogP contribution in [0.25, 0.3) is 88.5 Å². The molecule has 0 fully saturated rings. The molecular weight excluding hydrogens is 737 g/mol. The number of hydrogen-bond donors (Lipinski definition) is 0. The summed E-state index contributed by atoms with van der Waals surface area (Å²) in [5.74, 6) is 0.657. The van der Waals surface area contributed by atoms with E-state index in [1.807, 2.05) is 97.2 Å². The smallest absolute Gasteiger partial charge is 0.138 e. The Morgan fingerprint density at radius 2 is 0.867 bits per heavy atom. The van der Waals surface area contributed by atoms with Crippen molar-refractivity contribution in [1.29, 1.82) is 26.3 Å². The summed E-state index contributed by atoms with van der Waals surface area (Å²) in [5.41, 5.74) is 11.5. The lowest BCUT2D eigenvalue weighted by molar-refractivity contribution is 1.06. The number of fused-ring (bicyclic) bond motifs is 6. The predicted molar refractivity (Wildman–Crippen MR) is 233 cm³/mol. The maximum atomic E-state index is 10.4. The molecule has 10 aromatic rings. The number of nitriles is 5. The minimum Gasteiger partial charge on any atom is -0.307 e. The molecule has 0 aliphatic carbocycles. The van der Waals surface area contributed by atoms with Crippen LogP contribution in [0.15, 0.2) is 158 Å². The van der Waals surface area contributed by atoms with Crippen LogP contribution in [0.4, 0.5) is 0 Å². The van der Waals surface area contributed by atoms with Gasteiger partial charge in [-0.1, -0.05) is 78.9 Å². The Bertz CT molecular complexity index is 3680. The molecule has 0 spiro atoms. The third kappa shape index (κ3) is 5.45. The summed E-state index contributed by atoms with van der Waals surface area (Å²) in [5, 5.41) is 53.3. The second-order valence-electron chi connectivity index (χ2n) is 14.4. The molecule has 0 aliphatic rings. The molecule has 0 amide bonds. The fourth-order valence-electron chi connectivity index (χ4n) is 8.47. The van der Waals surface area contributed by atoms with Gasteiger partial charge in [0.1, 0.15) is 5.82 Å². The van der Waals surface area contributed by atoms with Gasteiger partial charge in [0.2, 0.25) is 0 Å². The highest BCUT2D eigenvalue weighted by Crippen LogP contribution is 2.41. The predicted octanol–water partition coefficient (Wildman–Crippen LogP) is 11.6. The Kier molecular flexibility index (Phi) is 8.23. The van der Waals surface area contributed by atoms with Crippen LogP contribution < -0.4 is 0 Å². The number of nitrogens with zero attached hydrogens (tertiary/aromatic N) is 8. The summed E-state index contributed by atoms with van der Waals surface area (Å²) in [6.07, 6.45) is 1.87. The molecule has 0 unspecified atom stereocenters. The summed E-state index contributed by atoms with van der Waals surface area (Å²) in [4.78, 5) is 5.19. The van der Waals surface area contributed by atoms with Gasteiger partial charge in [-0.15, -0.1) is 0 Å². The van der Waals surface area contributed by atoms with E-state index in [0.29, 0.717) is 33.6 Å². The molecule has 274 valence electrons. The lowest BCUT2D eigenvalue weighted by atomic mass is 9.97.